The maximum absolute atomic E-state index is 13.6. The monoisotopic (exact) mass is 291 g/mol. The number of hydrogen-bond acceptors (Lipinski definition) is 2. The highest BCUT2D eigenvalue weighted by molar-refractivity contribution is 5.21. The summed E-state index contributed by atoms with van der Waals surface area (Å²) in [6.45, 7) is 2.03. The van der Waals surface area contributed by atoms with Crippen molar-refractivity contribution in [2.75, 3.05) is 0 Å². The minimum Gasteiger partial charge on any atom is -0.367 e. The fraction of sp³-hybridized carbons (Fsp3) is 0.294. The molecular formula is C17H19F2NO. The van der Waals surface area contributed by atoms with E-state index in [2.05, 4.69) is 0 Å². The molecule has 0 aliphatic rings. The van der Waals surface area contributed by atoms with Crippen molar-refractivity contribution in [3.05, 3.63) is 71.3 Å². The third kappa shape index (κ3) is 4.09. The minimum atomic E-state index is -0.467. The number of benzene rings is 2. The molecule has 4 heteroatoms. The average molecular weight is 291 g/mol. The number of hydrogen-bond donors (Lipinski definition) is 1. The summed E-state index contributed by atoms with van der Waals surface area (Å²) in [6.07, 6.45) is 0.212. The molecule has 112 valence electrons. The van der Waals surface area contributed by atoms with Crippen molar-refractivity contribution in [2.45, 2.75) is 32.1 Å². The van der Waals surface area contributed by atoms with Crippen LogP contribution in [-0.4, -0.2) is 6.04 Å². The summed E-state index contributed by atoms with van der Waals surface area (Å²) >= 11 is 0. The highest BCUT2D eigenvalue weighted by atomic mass is 19.1. The molecular weight excluding hydrogens is 272 g/mol. The van der Waals surface area contributed by atoms with Crippen LogP contribution in [0.5, 0.6) is 0 Å². The van der Waals surface area contributed by atoms with E-state index in [1.54, 1.807) is 30.3 Å². The van der Waals surface area contributed by atoms with E-state index in [1.165, 1.54) is 18.2 Å². The molecule has 0 saturated heterocycles. The van der Waals surface area contributed by atoms with Gasteiger partial charge in [-0.25, -0.2) is 8.78 Å². The molecule has 0 aliphatic carbocycles. The molecule has 2 N–H and O–H groups in total. The Morgan fingerprint density at radius 1 is 1.10 bits per heavy atom. The molecule has 0 heterocycles. The Labute approximate surface area is 123 Å². The van der Waals surface area contributed by atoms with Gasteiger partial charge in [0.1, 0.15) is 11.6 Å². The summed E-state index contributed by atoms with van der Waals surface area (Å²) in [4.78, 5) is 0. The van der Waals surface area contributed by atoms with Crippen molar-refractivity contribution in [1.29, 1.82) is 0 Å². The van der Waals surface area contributed by atoms with Crippen LogP contribution >= 0.6 is 0 Å². The first-order chi connectivity index (χ1) is 10.1. The molecule has 0 radical (unpaired) electrons. The second-order valence-electron chi connectivity index (χ2n) is 4.95. The van der Waals surface area contributed by atoms with Gasteiger partial charge in [-0.2, -0.15) is 0 Å². The van der Waals surface area contributed by atoms with Crippen LogP contribution in [0.3, 0.4) is 0 Å². The van der Waals surface area contributed by atoms with Gasteiger partial charge in [0.05, 0.1) is 12.7 Å². The fourth-order valence-electron chi connectivity index (χ4n) is 2.16. The first-order valence-corrected chi connectivity index (χ1v) is 6.98. The Bertz CT molecular complexity index is 589. The van der Waals surface area contributed by atoms with Crippen LogP contribution in [0.1, 0.15) is 30.6 Å². The van der Waals surface area contributed by atoms with Gasteiger partial charge in [-0.1, -0.05) is 37.3 Å². The molecule has 0 fully saturated rings. The number of ether oxygens (including phenoxy) is 1. The molecule has 2 nitrogen and oxygen atoms in total. The van der Waals surface area contributed by atoms with Gasteiger partial charge in [-0.05, 0) is 30.2 Å². The molecule has 0 spiro atoms. The lowest BCUT2D eigenvalue weighted by Gasteiger charge is -2.24. The first-order valence-electron chi connectivity index (χ1n) is 6.98. The Kier molecular flexibility index (Phi) is 5.42. The van der Waals surface area contributed by atoms with Gasteiger partial charge in [0.2, 0.25) is 0 Å². The van der Waals surface area contributed by atoms with E-state index in [4.69, 9.17) is 10.5 Å². The third-order valence-corrected chi connectivity index (χ3v) is 3.41. The van der Waals surface area contributed by atoms with Gasteiger partial charge in [0.25, 0.3) is 0 Å². The summed E-state index contributed by atoms with van der Waals surface area (Å²) in [5, 5.41) is 0. The lowest BCUT2D eigenvalue weighted by Crippen LogP contribution is -2.29. The maximum Gasteiger partial charge on any atom is 0.128 e. The van der Waals surface area contributed by atoms with Gasteiger partial charge in [0.15, 0.2) is 0 Å². The predicted molar refractivity (Wildman–Crippen MR) is 78.6 cm³/mol. The Balaban J connectivity index is 2.16. The van der Waals surface area contributed by atoms with Crippen LogP contribution in [0.4, 0.5) is 8.78 Å². The molecule has 2 aromatic rings. The van der Waals surface area contributed by atoms with Crippen molar-refractivity contribution in [3.63, 3.8) is 0 Å². The van der Waals surface area contributed by atoms with E-state index in [1.807, 2.05) is 6.92 Å². The molecule has 0 aromatic heterocycles. The zero-order chi connectivity index (χ0) is 15.2. The largest absolute Gasteiger partial charge is 0.367 e. The van der Waals surface area contributed by atoms with Crippen LogP contribution in [-0.2, 0) is 11.3 Å². The second kappa shape index (κ2) is 7.29. The zero-order valence-corrected chi connectivity index (χ0v) is 11.9. The van der Waals surface area contributed by atoms with Crippen LogP contribution in [0.25, 0.3) is 0 Å². The van der Waals surface area contributed by atoms with E-state index in [-0.39, 0.29) is 24.3 Å². The zero-order valence-electron chi connectivity index (χ0n) is 11.9. The fourth-order valence-corrected chi connectivity index (χ4v) is 2.16. The lowest BCUT2D eigenvalue weighted by atomic mass is 10.0. The summed E-state index contributed by atoms with van der Waals surface area (Å²) in [5.74, 6) is -0.657. The smallest absolute Gasteiger partial charge is 0.128 e. The highest BCUT2D eigenvalue weighted by Gasteiger charge is 2.20. The van der Waals surface area contributed by atoms with E-state index >= 15 is 0 Å². The van der Waals surface area contributed by atoms with Crippen LogP contribution < -0.4 is 5.73 Å². The van der Waals surface area contributed by atoms with E-state index in [0.29, 0.717) is 17.5 Å². The van der Waals surface area contributed by atoms with Crippen LogP contribution in [0, 0.1) is 11.6 Å². The van der Waals surface area contributed by atoms with Crippen molar-refractivity contribution < 1.29 is 13.5 Å². The van der Waals surface area contributed by atoms with Gasteiger partial charge >= 0.3 is 0 Å². The van der Waals surface area contributed by atoms with Crippen LogP contribution in [0.2, 0.25) is 0 Å². The number of rotatable bonds is 6. The predicted octanol–water partition coefficient (Wildman–Crippen LogP) is 3.96. The first kappa shape index (κ1) is 15.6. The third-order valence-electron chi connectivity index (χ3n) is 3.41. The average Bonchev–Trinajstić information content (AvgIpc) is 2.49. The maximum atomic E-state index is 13.6. The molecule has 21 heavy (non-hydrogen) atoms. The van der Waals surface area contributed by atoms with Gasteiger partial charge in [-0.15, -0.1) is 0 Å². The molecule has 2 rings (SSSR count). The van der Waals surface area contributed by atoms with Crippen molar-refractivity contribution in [1.82, 2.24) is 0 Å². The van der Waals surface area contributed by atoms with Gasteiger partial charge < -0.3 is 10.5 Å². The molecule has 2 atom stereocenters. The summed E-state index contributed by atoms with van der Waals surface area (Å²) < 4.78 is 32.8. The topological polar surface area (TPSA) is 35.2 Å². The van der Waals surface area contributed by atoms with Crippen molar-refractivity contribution in [2.24, 2.45) is 5.73 Å². The minimum absolute atomic E-state index is 0.0988. The summed E-state index contributed by atoms with van der Waals surface area (Å²) in [6, 6.07) is 12.3. The number of nitrogens with two attached hydrogens (primary N) is 1. The van der Waals surface area contributed by atoms with E-state index < -0.39 is 6.10 Å². The highest BCUT2D eigenvalue weighted by Crippen LogP contribution is 2.24. The van der Waals surface area contributed by atoms with Gasteiger partial charge in [-0.3, -0.25) is 0 Å². The SMILES string of the molecule is CCC(N)C(OCc1ccccc1F)c1cccc(F)c1. The number of halogens is 2. The van der Waals surface area contributed by atoms with Crippen molar-refractivity contribution in [3.8, 4) is 0 Å². The molecule has 0 amide bonds. The summed E-state index contributed by atoms with van der Waals surface area (Å²) in [5.41, 5.74) is 7.19. The van der Waals surface area contributed by atoms with Gasteiger partial charge in [0, 0.05) is 11.6 Å². The van der Waals surface area contributed by atoms with E-state index in [9.17, 15) is 8.78 Å². The standard InChI is InChI=1S/C17H19F2NO/c1-2-16(20)17(12-7-5-8-14(18)10-12)21-11-13-6-3-4-9-15(13)19/h3-10,16-17H,2,11,20H2,1H3. The molecule has 0 bridgehead atoms. The Hall–Kier alpha value is -1.78. The normalized spacial score (nSPS) is 13.9. The quantitative estimate of drug-likeness (QED) is 0.874. The molecule has 2 unspecified atom stereocenters. The lowest BCUT2D eigenvalue weighted by molar-refractivity contribution is 0.0197. The second-order valence-corrected chi connectivity index (χ2v) is 4.95. The van der Waals surface area contributed by atoms with E-state index in [0.717, 1.165) is 0 Å². The summed E-state index contributed by atoms with van der Waals surface area (Å²) in [7, 11) is 0. The Morgan fingerprint density at radius 2 is 1.86 bits per heavy atom. The Morgan fingerprint density at radius 3 is 2.52 bits per heavy atom. The molecule has 0 aliphatic heterocycles. The van der Waals surface area contributed by atoms with Crippen molar-refractivity contribution >= 4 is 0 Å². The molecule has 0 saturated carbocycles. The van der Waals surface area contributed by atoms with Crippen LogP contribution in [0.15, 0.2) is 48.5 Å². The molecule has 2 aromatic carbocycles.